The third kappa shape index (κ3) is 3.59. The predicted molar refractivity (Wildman–Crippen MR) is 95.1 cm³/mol. The molecular weight excluding hydrogens is 348 g/mol. The van der Waals surface area contributed by atoms with E-state index >= 15 is 0 Å². The zero-order valence-electron chi connectivity index (χ0n) is 13.6. The Balaban J connectivity index is 1.86. The van der Waals surface area contributed by atoms with Gasteiger partial charge in [-0.1, -0.05) is 30.8 Å². The minimum Gasteiger partial charge on any atom is -0.497 e. The van der Waals surface area contributed by atoms with Crippen molar-refractivity contribution in [2.45, 2.75) is 31.2 Å². The third-order valence-electron chi connectivity index (χ3n) is 4.21. The van der Waals surface area contributed by atoms with Crippen LogP contribution in [0.25, 0.3) is 0 Å². The van der Waals surface area contributed by atoms with Crippen molar-refractivity contribution in [3.63, 3.8) is 0 Å². The van der Waals surface area contributed by atoms with Crippen LogP contribution in [0.4, 0.5) is 0 Å². The van der Waals surface area contributed by atoms with Gasteiger partial charge in [0.05, 0.1) is 24.7 Å². The minimum absolute atomic E-state index is 0.0448. The molecule has 1 aromatic rings. The van der Waals surface area contributed by atoms with E-state index in [-0.39, 0.29) is 28.7 Å². The summed E-state index contributed by atoms with van der Waals surface area (Å²) in [7, 11) is -1.41. The van der Waals surface area contributed by atoms with Crippen molar-refractivity contribution in [1.29, 1.82) is 0 Å². The van der Waals surface area contributed by atoms with Gasteiger partial charge in [0.25, 0.3) is 0 Å². The van der Waals surface area contributed by atoms with Crippen molar-refractivity contribution in [1.82, 2.24) is 4.90 Å². The largest absolute Gasteiger partial charge is 0.497 e. The fourth-order valence-corrected chi connectivity index (χ4v) is 6.90. The first-order valence-corrected chi connectivity index (χ1v) is 10.5. The summed E-state index contributed by atoms with van der Waals surface area (Å²) in [5.41, 5.74) is 1.03. The number of carbonyl (C=O) groups is 1. The number of aliphatic imine (C=N–C) groups is 1. The van der Waals surface area contributed by atoms with Gasteiger partial charge in [0.1, 0.15) is 5.75 Å². The average molecular weight is 368 g/mol. The number of benzene rings is 1. The predicted octanol–water partition coefficient (Wildman–Crippen LogP) is 1.70. The van der Waals surface area contributed by atoms with Crippen LogP contribution in [0, 0.1) is 0 Å². The standard InChI is InChI=1S/C16H20N2O4S2/c1-3-15(19)17-16-18(8-11-4-6-12(22-2)7-5-11)13-9-24(20,21)10-14(13)23-16/h4-7,13-14H,3,8-10H2,1-2H3. The number of nitrogens with zero attached hydrogens (tertiary/aromatic N) is 2. The molecule has 24 heavy (non-hydrogen) atoms. The van der Waals surface area contributed by atoms with Crippen LogP contribution in [0.1, 0.15) is 18.9 Å². The van der Waals surface area contributed by atoms with E-state index in [1.807, 2.05) is 29.2 Å². The van der Waals surface area contributed by atoms with Gasteiger partial charge in [0.15, 0.2) is 15.0 Å². The van der Waals surface area contributed by atoms with Gasteiger partial charge in [-0.2, -0.15) is 4.99 Å². The van der Waals surface area contributed by atoms with Crippen LogP contribution in [0.3, 0.4) is 0 Å². The SMILES string of the molecule is CCC(=O)N=C1SC2CS(=O)(=O)CC2N1Cc1ccc(OC)cc1. The highest BCUT2D eigenvalue weighted by molar-refractivity contribution is 8.15. The molecule has 2 fully saturated rings. The number of amidine groups is 1. The summed E-state index contributed by atoms with van der Waals surface area (Å²) in [4.78, 5) is 17.9. The molecule has 2 saturated heterocycles. The number of sulfone groups is 1. The minimum atomic E-state index is -3.02. The van der Waals surface area contributed by atoms with Gasteiger partial charge in [-0.25, -0.2) is 8.42 Å². The fraction of sp³-hybridized carbons (Fsp3) is 0.500. The molecule has 3 rings (SSSR count). The van der Waals surface area contributed by atoms with Crippen molar-refractivity contribution in [2.75, 3.05) is 18.6 Å². The maximum atomic E-state index is 11.9. The lowest BCUT2D eigenvalue weighted by molar-refractivity contribution is -0.117. The molecule has 0 saturated carbocycles. The summed E-state index contributed by atoms with van der Waals surface area (Å²) in [6.45, 7) is 2.30. The maximum absolute atomic E-state index is 11.9. The third-order valence-corrected chi connectivity index (χ3v) is 7.46. The van der Waals surface area contributed by atoms with E-state index in [1.165, 1.54) is 11.8 Å². The number of hydrogen-bond donors (Lipinski definition) is 0. The Bertz CT molecular complexity index is 759. The summed E-state index contributed by atoms with van der Waals surface area (Å²) >= 11 is 1.41. The first-order valence-electron chi connectivity index (χ1n) is 7.80. The molecule has 0 spiro atoms. The van der Waals surface area contributed by atoms with E-state index in [2.05, 4.69) is 4.99 Å². The van der Waals surface area contributed by atoms with Gasteiger partial charge in [0, 0.05) is 18.2 Å². The van der Waals surface area contributed by atoms with Gasteiger partial charge in [-0.15, -0.1) is 0 Å². The quantitative estimate of drug-likeness (QED) is 0.805. The second-order valence-electron chi connectivity index (χ2n) is 5.92. The Hall–Kier alpha value is -1.54. The number of carbonyl (C=O) groups excluding carboxylic acids is 1. The molecule has 2 atom stereocenters. The lowest BCUT2D eigenvalue weighted by Gasteiger charge is -2.24. The number of amides is 1. The molecule has 2 aliphatic heterocycles. The second kappa shape index (κ2) is 6.76. The molecule has 1 aromatic carbocycles. The van der Waals surface area contributed by atoms with Gasteiger partial charge >= 0.3 is 0 Å². The van der Waals surface area contributed by atoms with Crippen LogP contribution >= 0.6 is 11.8 Å². The summed E-state index contributed by atoms with van der Waals surface area (Å²) in [6.07, 6.45) is 0.341. The number of hydrogen-bond acceptors (Lipinski definition) is 5. The van der Waals surface area contributed by atoms with E-state index in [0.29, 0.717) is 18.1 Å². The number of thioether (sulfide) groups is 1. The lowest BCUT2D eigenvalue weighted by atomic mass is 10.1. The molecule has 0 bridgehead atoms. The lowest BCUT2D eigenvalue weighted by Crippen LogP contribution is -2.37. The normalized spacial score (nSPS) is 26.6. The smallest absolute Gasteiger partial charge is 0.247 e. The Morgan fingerprint density at radius 1 is 1.33 bits per heavy atom. The van der Waals surface area contributed by atoms with Gasteiger partial charge in [-0.05, 0) is 17.7 Å². The number of methoxy groups -OCH3 is 1. The van der Waals surface area contributed by atoms with Crippen LogP contribution < -0.4 is 4.74 Å². The first-order chi connectivity index (χ1) is 11.4. The molecule has 0 N–H and O–H groups in total. The van der Waals surface area contributed by atoms with Crippen LogP contribution in [0.5, 0.6) is 5.75 Å². The van der Waals surface area contributed by atoms with Crippen molar-refractivity contribution >= 4 is 32.7 Å². The second-order valence-corrected chi connectivity index (χ2v) is 9.28. The highest BCUT2D eigenvalue weighted by atomic mass is 32.2. The Morgan fingerprint density at radius 2 is 2.04 bits per heavy atom. The molecule has 8 heteroatoms. The maximum Gasteiger partial charge on any atom is 0.247 e. The van der Waals surface area contributed by atoms with E-state index < -0.39 is 9.84 Å². The number of ether oxygens (including phenoxy) is 1. The topological polar surface area (TPSA) is 76.0 Å². The van der Waals surface area contributed by atoms with Crippen molar-refractivity contribution < 1.29 is 17.9 Å². The van der Waals surface area contributed by atoms with Crippen LogP contribution in [-0.2, 0) is 21.2 Å². The molecule has 2 heterocycles. The van der Waals surface area contributed by atoms with Gasteiger partial charge < -0.3 is 9.64 Å². The fourth-order valence-electron chi connectivity index (χ4n) is 2.93. The van der Waals surface area contributed by atoms with E-state index in [0.717, 1.165) is 11.3 Å². The zero-order valence-corrected chi connectivity index (χ0v) is 15.3. The van der Waals surface area contributed by atoms with Gasteiger partial charge in [0.2, 0.25) is 5.91 Å². The van der Waals surface area contributed by atoms with Gasteiger partial charge in [-0.3, -0.25) is 4.79 Å². The number of rotatable bonds is 4. The van der Waals surface area contributed by atoms with E-state index in [1.54, 1.807) is 14.0 Å². The van der Waals surface area contributed by atoms with Crippen molar-refractivity contribution in [2.24, 2.45) is 4.99 Å². The Labute approximate surface area is 146 Å². The molecule has 1 amide bonds. The van der Waals surface area contributed by atoms with E-state index in [4.69, 9.17) is 4.74 Å². The average Bonchev–Trinajstić information content (AvgIpc) is 3.01. The summed E-state index contributed by atoms with van der Waals surface area (Å²) < 4.78 is 29.1. The zero-order chi connectivity index (χ0) is 17.3. The molecule has 2 unspecified atom stereocenters. The molecule has 0 aromatic heterocycles. The molecule has 0 aliphatic carbocycles. The summed E-state index contributed by atoms with van der Waals surface area (Å²) in [5.74, 6) is 0.868. The van der Waals surface area contributed by atoms with E-state index in [9.17, 15) is 13.2 Å². The molecule has 6 nitrogen and oxygen atoms in total. The molecule has 130 valence electrons. The summed E-state index contributed by atoms with van der Waals surface area (Å²) in [6, 6.07) is 7.51. The summed E-state index contributed by atoms with van der Waals surface area (Å²) in [5, 5.41) is 0.597. The Kier molecular flexibility index (Phi) is 4.87. The van der Waals surface area contributed by atoms with Crippen LogP contribution in [-0.4, -0.2) is 54.3 Å². The van der Waals surface area contributed by atoms with Crippen molar-refractivity contribution in [3.05, 3.63) is 29.8 Å². The molecular formula is C16H20N2O4S2. The molecule has 2 aliphatic rings. The highest BCUT2D eigenvalue weighted by Crippen LogP contribution is 2.39. The van der Waals surface area contributed by atoms with Crippen LogP contribution in [0.2, 0.25) is 0 Å². The number of fused-ring (bicyclic) bond motifs is 1. The van der Waals surface area contributed by atoms with Crippen molar-refractivity contribution in [3.8, 4) is 5.75 Å². The first kappa shape index (κ1) is 17.3. The highest BCUT2D eigenvalue weighted by Gasteiger charge is 2.48. The monoisotopic (exact) mass is 368 g/mol. The molecule has 0 radical (unpaired) electrons. The van der Waals surface area contributed by atoms with Crippen LogP contribution in [0.15, 0.2) is 29.3 Å². The Morgan fingerprint density at radius 3 is 2.67 bits per heavy atom.